The predicted molar refractivity (Wildman–Crippen MR) is 80.8 cm³/mol. The number of aliphatic hydroxyl groups excluding tert-OH is 1. The fourth-order valence-corrected chi connectivity index (χ4v) is 3.26. The average Bonchev–Trinajstić information content (AvgIpc) is 3.01. The topological polar surface area (TPSA) is 58.7 Å². The lowest BCUT2D eigenvalue weighted by atomic mass is 10.0. The van der Waals surface area contributed by atoms with Crippen LogP contribution in [0.4, 0.5) is 0 Å². The zero-order chi connectivity index (χ0) is 14.4. The molecule has 0 amide bonds. The van der Waals surface area contributed by atoms with Gasteiger partial charge in [0.25, 0.3) is 0 Å². The molecule has 0 aromatic heterocycles. The third-order valence-corrected chi connectivity index (χ3v) is 4.25. The Morgan fingerprint density at radius 2 is 2.15 bits per heavy atom. The first-order chi connectivity index (χ1) is 9.80. The fourth-order valence-electron chi connectivity index (χ4n) is 3.26. The molecule has 0 radical (unpaired) electrons. The van der Waals surface area contributed by atoms with Crippen LogP contribution in [0.1, 0.15) is 37.3 Å². The smallest absolute Gasteiger partial charge is 0.119 e. The van der Waals surface area contributed by atoms with Crippen molar-refractivity contribution in [3.8, 4) is 5.75 Å². The maximum absolute atomic E-state index is 9.38. The average molecular weight is 278 g/mol. The third-order valence-electron chi connectivity index (χ3n) is 4.25. The minimum Gasteiger partial charge on any atom is -0.497 e. The van der Waals surface area contributed by atoms with Crippen LogP contribution in [0.2, 0.25) is 0 Å². The van der Waals surface area contributed by atoms with E-state index in [9.17, 15) is 5.11 Å². The highest BCUT2D eigenvalue weighted by atomic mass is 16.5. The fraction of sp³-hybridized carbons (Fsp3) is 0.625. The van der Waals surface area contributed by atoms with E-state index in [1.807, 2.05) is 12.1 Å². The Morgan fingerprint density at radius 3 is 2.75 bits per heavy atom. The maximum Gasteiger partial charge on any atom is 0.119 e. The van der Waals surface area contributed by atoms with E-state index in [0.717, 1.165) is 5.75 Å². The van der Waals surface area contributed by atoms with Crippen LogP contribution in [0.5, 0.6) is 5.75 Å². The quantitative estimate of drug-likeness (QED) is 0.800. The molecule has 3 N–H and O–H groups in total. The lowest BCUT2D eigenvalue weighted by Crippen LogP contribution is -2.41. The number of rotatable bonds is 7. The van der Waals surface area contributed by atoms with Gasteiger partial charge < -0.3 is 15.6 Å². The maximum atomic E-state index is 9.38. The van der Waals surface area contributed by atoms with Gasteiger partial charge in [0, 0.05) is 25.2 Å². The zero-order valence-electron chi connectivity index (χ0n) is 12.3. The summed E-state index contributed by atoms with van der Waals surface area (Å²) in [5, 5.41) is 9.38. The lowest BCUT2D eigenvalue weighted by molar-refractivity contribution is 0.107. The van der Waals surface area contributed by atoms with Crippen LogP contribution in [0.3, 0.4) is 0 Å². The predicted octanol–water partition coefficient (Wildman–Crippen LogP) is 1.93. The van der Waals surface area contributed by atoms with Crippen molar-refractivity contribution in [3.63, 3.8) is 0 Å². The van der Waals surface area contributed by atoms with Crippen LogP contribution < -0.4 is 10.5 Å². The number of aliphatic hydroxyl groups is 1. The minimum atomic E-state index is 0.153. The molecule has 112 valence electrons. The molecule has 0 spiro atoms. The van der Waals surface area contributed by atoms with Gasteiger partial charge in [0.2, 0.25) is 0 Å². The molecule has 1 aliphatic rings. The van der Waals surface area contributed by atoms with Crippen molar-refractivity contribution >= 4 is 0 Å². The molecule has 0 aliphatic heterocycles. The molecular formula is C16H26N2O2. The summed E-state index contributed by atoms with van der Waals surface area (Å²) in [6, 6.07) is 8.80. The molecule has 1 fully saturated rings. The van der Waals surface area contributed by atoms with E-state index in [0.29, 0.717) is 19.1 Å². The highest BCUT2D eigenvalue weighted by Gasteiger charge is 2.28. The number of hydrogen-bond donors (Lipinski definition) is 2. The van der Waals surface area contributed by atoms with Crippen molar-refractivity contribution in [2.75, 3.05) is 26.8 Å². The van der Waals surface area contributed by atoms with Gasteiger partial charge in [-0.3, -0.25) is 4.90 Å². The van der Waals surface area contributed by atoms with Crippen molar-refractivity contribution in [1.82, 2.24) is 4.90 Å². The van der Waals surface area contributed by atoms with Crippen LogP contribution in [0.25, 0.3) is 0 Å². The normalized spacial score (nSPS) is 17.6. The van der Waals surface area contributed by atoms with Crippen molar-refractivity contribution < 1.29 is 9.84 Å². The van der Waals surface area contributed by atoms with Gasteiger partial charge >= 0.3 is 0 Å². The second-order valence-corrected chi connectivity index (χ2v) is 5.43. The Kier molecular flexibility index (Phi) is 5.83. The van der Waals surface area contributed by atoms with E-state index in [4.69, 9.17) is 10.5 Å². The summed E-state index contributed by atoms with van der Waals surface area (Å²) < 4.78 is 5.31. The standard InChI is InChI=1S/C16H26N2O2/c1-20-15-8-4-5-13(11-15)16(12-17)18(9-10-19)14-6-2-3-7-14/h4-5,8,11,14,16,19H,2-3,6-7,9-10,12,17H2,1H3. The van der Waals surface area contributed by atoms with Gasteiger partial charge in [-0.15, -0.1) is 0 Å². The summed E-state index contributed by atoms with van der Waals surface area (Å²) in [7, 11) is 1.68. The van der Waals surface area contributed by atoms with E-state index in [1.165, 1.54) is 31.2 Å². The van der Waals surface area contributed by atoms with Gasteiger partial charge in [0.05, 0.1) is 13.7 Å². The molecule has 20 heavy (non-hydrogen) atoms. The molecule has 0 saturated heterocycles. The van der Waals surface area contributed by atoms with Gasteiger partial charge in [0.1, 0.15) is 5.75 Å². The molecule has 4 heteroatoms. The van der Waals surface area contributed by atoms with Crippen LogP contribution in [-0.2, 0) is 0 Å². The largest absolute Gasteiger partial charge is 0.497 e. The number of nitrogens with zero attached hydrogens (tertiary/aromatic N) is 1. The highest BCUT2D eigenvalue weighted by Crippen LogP contribution is 2.31. The van der Waals surface area contributed by atoms with E-state index in [-0.39, 0.29) is 12.6 Å². The molecule has 0 bridgehead atoms. The molecule has 1 saturated carbocycles. The number of nitrogens with two attached hydrogens (primary N) is 1. The molecule has 2 rings (SSSR count). The summed E-state index contributed by atoms with van der Waals surface area (Å²) in [5.41, 5.74) is 7.20. The molecule has 1 unspecified atom stereocenters. The van der Waals surface area contributed by atoms with Gasteiger partial charge in [-0.1, -0.05) is 25.0 Å². The Morgan fingerprint density at radius 1 is 1.40 bits per heavy atom. The first kappa shape index (κ1) is 15.3. The molecule has 0 heterocycles. The van der Waals surface area contributed by atoms with E-state index in [2.05, 4.69) is 17.0 Å². The first-order valence-corrected chi connectivity index (χ1v) is 7.50. The molecular weight excluding hydrogens is 252 g/mol. The minimum absolute atomic E-state index is 0.153. The van der Waals surface area contributed by atoms with Gasteiger partial charge in [-0.05, 0) is 30.5 Å². The van der Waals surface area contributed by atoms with Crippen molar-refractivity contribution in [1.29, 1.82) is 0 Å². The SMILES string of the molecule is COc1cccc(C(CN)N(CCO)C2CCCC2)c1. The summed E-state index contributed by atoms with van der Waals surface area (Å²) in [6.07, 6.45) is 4.98. The van der Waals surface area contributed by atoms with Crippen molar-refractivity contribution in [3.05, 3.63) is 29.8 Å². The number of hydrogen-bond acceptors (Lipinski definition) is 4. The Labute approximate surface area is 121 Å². The molecule has 1 aliphatic carbocycles. The van der Waals surface area contributed by atoms with Gasteiger partial charge in [-0.2, -0.15) is 0 Å². The Balaban J connectivity index is 2.21. The summed E-state index contributed by atoms with van der Waals surface area (Å²) in [4.78, 5) is 2.38. The Hall–Kier alpha value is -1.10. The van der Waals surface area contributed by atoms with E-state index < -0.39 is 0 Å². The van der Waals surface area contributed by atoms with Crippen LogP contribution in [0, 0.1) is 0 Å². The Bertz CT molecular complexity index is 405. The van der Waals surface area contributed by atoms with Crippen molar-refractivity contribution in [2.24, 2.45) is 5.73 Å². The number of methoxy groups -OCH3 is 1. The monoisotopic (exact) mass is 278 g/mol. The second kappa shape index (κ2) is 7.62. The third kappa shape index (κ3) is 3.51. The highest BCUT2D eigenvalue weighted by molar-refractivity contribution is 5.31. The van der Waals surface area contributed by atoms with Gasteiger partial charge in [0.15, 0.2) is 0 Å². The van der Waals surface area contributed by atoms with Crippen molar-refractivity contribution in [2.45, 2.75) is 37.8 Å². The first-order valence-electron chi connectivity index (χ1n) is 7.50. The van der Waals surface area contributed by atoms with Crippen LogP contribution >= 0.6 is 0 Å². The lowest BCUT2D eigenvalue weighted by Gasteiger charge is -2.36. The van der Waals surface area contributed by atoms with Gasteiger partial charge in [-0.25, -0.2) is 0 Å². The summed E-state index contributed by atoms with van der Waals surface area (Å²) >= 11 is 0. The molecule has 1 atom stereocenters. The van der Waals surface area contributed by atoms with E-state index >= 15 is 0 Å². The number of ether oxygens (including phenoxy) is 1. The number of benzene rings is 1. The van der Waals surface area contributed by atoms with E-state index in [1.54, 1.807) is 7.11 Å². The zero-order valence-corrected chi connectivity index (χ0v) is 12.3. The van der Waals surface area contributed by atoms with Crippen LogP contribution in [-0.4, -0.2) is 42.9 Å². The molecule has 1 aromatic carbocycles. The second-order valence-electron chi connectivity index (χ2n) is 5.43. The van der Waals surface area contributed by atoms with Crippen LogP contribution in [0.15, 0.2) is 24.3 Å². The summed E-state index contributed by atoms with van der Waals surface area (Å²) in [6.45, 7) is 1.42. The molecule has 4 nitrogen and oxygen atoms in total. The summed E-state index contributed by atoms with van der Waals surface area (Å²) in [5.74, 6) is 0.858. The molecule has 1 aromatic rings.